The topological polar surface area (TPSA) is 50.6 Å². The molecule has 0 spiro atoms. The molecule has 1 amide bonds. The molecule has 0 saturated carbocycles. The van der Waals surface area contributed by atoms with E-state index in [0.717, 1.165) is 32.0 Å². The summed E-state index contributed by atoms with van der Waals surface area (Å²) in [4.78, 5) is 15.7. The molecule has 0 N–H and O–H groups in total. The van der Waals surface area contributed by atoms with Crippen molar-refractivity contribution in [2.75, 3.05) is 44.8 Å². The van der Waals surface area contributed by atoms with Crippen LogP contribution < -0.4 is 4.90 Å². The van der Waals surface area contributed by atoms with Crippen LogP contribution in [0.3, 0.4) is 0 Å². The molecule has 0 aliphatic carbocycles. The molecular weight excluding hydrogens is 220 g/mol. The van der Waals surface area contributed by atoms with Crippen LogP contribution in [0.2, 0.25) is 0 Å². The van der Waals surface area contributed by atoms with Crippen molar-refractivity contribution in [2.24, 2.45) is 7.05 Å². The molecule has 6 heteroatoms. The molecule has 0 bridgehead atoms. The van der Waals surface area contributed by atoms with Gasteiger partial charge in [0.1, 0.15) is 12.4 Å². The average molecular weight is 238 g/mol. The molecule has 1 saturated heterocycles. The van der Waals surface area contributed by atoms with E-state index in [1.54, 1.807) is 13.3 Å². The lowest BCUT2D eigenvalue weighted by atomic mass is 10.3. The van der Waals surface area contributed by atoms with Gasteiger partial charge in [-0.2, -0.15) is 5.10 Å². The number of carbonyl (C=O) groups is 1. The lowest BCUT2D eigenvalue weighted by Gasteiger charge is -2.35. The molecule has 6 nitrogen and oxygen atoms in total. The number of piperazine rings is 1. The largest absolute Gasteiger partial charge is 0.375 e. The summed E-state index contributed by atoms with van der Waals surface area (Å²) >= 11 is 0. The number of hydrogen-bond donors (Lipinski definition) is 0. The third-order valence-corrected chi connectivity index (χ3v) is 3.02. The van der Waals surface area contributed by atoms with Gasteiger partial charge in [0.25, 0.3) is 0 Å². The summed E-state index contributed by atoms with van der Waals surface area (Å²) in [6, 6.07) is 1.99. The number of ether oxygens (including phenoxy) is 1. The minimum Gasteiger partial charge on any atom is -0.375 e. The zero-order chi connectivity index (χ0) is 12.3. The number of anilines is 1. The van der Waals surface area contributed by atoms with Gasteiger partial charge < -0.3 is 14.5 Å². The number of amides is 1. The highest BCUT2D eigenvalue weighted by Crippen LogP contribution is 2.14. The van der Waals surface area contributed by atoms with Crippen LogP contribution in [0.15, 0.2) is 12.3 Å². The van der Waals surface area contributed by atoms with Gasteiger partial charge >= 0.3 is 0 Å². The Bertz CT molecular complexity index is 383. The van der Waals surface area contributed by atoms with Crippen LogP contribution in [0.1, 0.15) is 0 Å². The standard InChI is InChI=1S/C11H18N4O2/c1-13-10(3-4-12-13)14-5-7-15(8-6-14)11(16)9-17-2/h3-4H,5-9H2,1-2H3. The number of hydrogen-bond acceptors (Lipinski definition) is 4. The molecule has 0 atom stereocenters. The van der Waals surface area contributed by atoms with Gasteiger partial charge in [0.15, 0.2) is 0 Å². The lowest BCUT2D eigenvalue weighted by molar-refractivity contribution is -0.135. The highest BCUT2D eigenvalue weighted by atomic mass is 16.5. The first-order valence-corrected chi connectivity index (χ1v) is 5.72. The second-order valence-electron chi connectivity index (χ2n) is 4.11. The molecule has 1 aliphatic rings. The molecule has 0 aromatic carbocycles. The van der Waals surface area contributed by atoms with Crippen LogP contribution in [0.25, 0.3) is 0 Å². The van der Waals surface area contributed by atoms with Crippen molar-refractivity contribution in [2.45, 2.75) is 0 Å². The quantitative estimate of drug-likeness (QED) is 0.726. The first-order valence-electron chi connectivity index (χ1n) is 5.72. The van der Waals surface area contributed by atoms with Gasteiger partial charge in [-0.25, -0.2) is 0 Å². The van der Waals surface area contributed by atoms with Crippen molar-refractivity contribution in [3.8, 4) is 0 Å². The zero-order valence-corrected chi connectivity index (χ0v) is 10.3. The van der Waals surface area contributed by atoms with Crippen LogP contribution in [-0.2, 0) is 16.6 Å². The number of rotatable bonds is 3. The fourth-order valence-corrected chi connectivity index (χ4v) is 2.08. The monoisotopic (exact) mass is 238 g/mol. The third-order valence-electron chi connectivity index (χ3n) is 3.02. The molecule has 2 rings (SSSR count). The average Bonchev–Trinajstić information content (AvgIpc) is 2.76. The molecule has 1 aromatic rings. The summed E-state index contributed by atoms with van der Waals surface area (Å²) in [5, 5.41) is 4.15. The maximum atomic E-state index is 11.6. The van der Waals surface area contributed by atoms with E-state index in [9.17, 15) is 4.79 Å². The second kappa shape index (κ2) is 5.18. The van der Waals surface area contributed by atoms with Crippen LogP contribution in [0.4, 0.5) is 5.82 Å². The molecule has 0 unspecified atom stereocenters. The van der Waals surface area contributed by atoms with E-state index in [-0.39, 0.29) is 12.5 Å². The van der Waals surface area contributed by atoms with E-state index in [1.807, 2.05) is 22.7 Å². The van der Waals surface area contributed by atoms with Gasteiger partial charge in [-0.3, -0.25) is 9.48 Å². The summed E-state index contributed by atoms with van der Waals surface area (Å²) in [6.45, 7) is 3.34. The zero-order valence-electron chi connectivity index (χ0n) is 10.3. The first kappa shape index (κ1) is 11.9. The Morgan fingerprint density at radius 3 is 2.65 bits per heavy atom. The Labute approximate surface area is 101 Å². The normalized spacial score (nSPS) is 16.4. The molecule has 1 aliphatic heterocycles. The summed E-state index contributed by atoms with van der Waals surface area (Å²) in [5.41, 5.74) is 0. The molecule has 2 heterocycles. The van der Waals surface area contributed by atoms with Crippen molar-refractivity contribution in [1.82, 2.24) is 14.7 Å². The van der Waals surface area contributed by atoms with Crippen LogP contribution in [0.5, 0.6) is 0 Å². The van der Waals surface area contributed by atoms with Crippen LogP contribution >= 0.6 is 0 Å². The highest BCUT2D eigenvalue weighted by molar-refractivity contribution is 5.77. The van der Waals surface area contributed by atoms with Crippen molar-refractivity contribution >= 4 is 11.7 Å². The van der Waals surface area contributed by atoms with E-state index in [1.165, 1.54) is 0 Å². The Morgan fingerprint density at radius 1 is 1.41 bits per heavy atom. The summed E-state index contributed by atoms with van der Waals surface area (Å²) < 4.78 is 6.71. The van der Waals surface area contributed by atoms with Gasteiger partial charge in [-0.05, 0) is 0 Å². The first-order chi connectivity index (χ1) is 8.22. The number of methoxy groups -OCH3 is 1. The molecule has 94 valence electrons. The molecule has 0 radical (unpaired) electrons. The van der Waals surface area contributed by atoms with E-state index < -0.39 is 0 Å². The number of nitrogens with zero attached hydrogens (tertiary/aromatic N) is 4. The fourth-order valence-electron chi connectivity index (χ4n) is 2.08. The minimum absolute atomic E-state index is 0.0668. The Hall–Kier alpha value is -1.56. The lowest BCUT2D eigenvalue weighted by Crippen LogP contribution is -2.50. The van der Waals surface area contributed by atoms with E-state index in [4.69, 9.17) is 4.74 Å². The van der Waals surface area contributed by atoms with Crippen LogP contribution in [-0.4, -0.2) is 60.5 Å². The summed E-state index contributed by atoms with van der Waals surface area (Å²) in [6.07, 6.45) is 1.79. The molecule has 1 aromatic heterocycles. The van der Waals surface area contributed by atoms with Gasteiger partial charge in [-0.15, -0.1) is 0 Å². The fraction of sp³-hybridized carbons (Fsp3) is 0.636. The molecular formula is C11H18N4O2. The number of carbonyl (C=O) groups excluding carboxylic acids is 1. The minimum atomic E-state index is 0.0668. The second-order valence-corrected chi connectivity index (χ2v) is 4.11. The summed E-state index contributed by atoms with van der Waals surface area (Å²) in [7, 11) is 3.47. The Balaban J connectivity index is 1.90. The third kappa shape index (κ3) is 2.58. The van der Waals surface area contributed by atoms with Crippen LogP contribution in [0, 0.1) is 0 Å². The maximum Gasteiger partial charge on any atom is 0.248 e. The van der Waals surface area contributed by atoms with Crippen molar-refractivity contribution in [1.29, 1.82) is 0 Å². The van der Waals surface area contributed by atoms with Crippen molar-refractivity contribution in [3.05, 3.63) is 12.3 Å². The highest BCUT2D eigenvalue weighted by Gasteiger charge is 2.22. The number of aryl methyl sites for hydroxylation is 1. The Morgan fingerprint density at radius 2 is 2.12 bits per heavy atom. The SMILES string of the molecule is COCC(=O)N1CCN(c2ccnn2C)CC1. The molecule has 17 heavy (non-hydrogen) atoms. The van der Waals surface area contributed by atoms with Gasteiger partial charge in [-0.1, -0.05) is 0 Å². The smallest absolute Gasteiger partial charge is 0.248 e. The van der Waals surface area contributed by atoms with Gasteiger partial charge in [0, 0.05) is 46.4 Å². The van der Waals surface area contributed by atoms with E-state index in [2.05, 4.69) is 10.00 Å². The summed E-state index contributed by atoms with van der Waals surface area (Å²) in [5.74, 6) is 1.17. The predicted molar refractivity (Wildman–Crippen MR) is 63.9 cm³/mol. The van der Waals surface area contributed by atoms with Crippen molar-refractivity contribution < 1.29 is 9.53 Å². The van der Waals surface area contributed by atoms with Gasteiger partial charge in [0.2, 0.25) is 5.91 Å². The maximum absolute atomic E-state index is 11.6. The molecule has 1 fully saturated rings. The predicted octanol–water partition coefficient (Wildman–Crippen LogP) is -0.285. The number of aromatic nitrogens is 2. The van der Waals surface area contributed by atoms with Gasteiger partial charge in [0.05, 0.1) is 6.20 Å². The van der Waals surface area contributed by atoms with Crippen molar-refractivity contribution in [3.63, 3.8) is 0 Å². The Kier molecular flexibility index (Phi) is 3.63. The van der Waals surface area contributed by atoms with E-state index >= 15 is 0 Å². The van der Waals surface area contributed by atoms with E-state index in [0.29, 0.717) is 0 Å².